The van der Waals surface area contributed by atoms with Gasteiger partial charge in [-0.1, -0.05) is 41.5 Å². The van der Waals surface area contributed by atoms with Crippen molar-refractivity contribution in [2.75, 3.05) is 7.05 Å². The van der Waals surface area contributed by atoms with E-state index < -0.39 is 36.0 Å². The van der Waals surface area contributed by atoms with Crippen LogP contribution < -0.4 is 5.32 Å². The number of nitrogens with zero attached hydrogens (tertiary/aromatic N) is 1. The summed E-state index contributed by atoms with van der Waals surface area (Å²) in [5.74, 6) is -2.58. The molecule has 0 aliphatic rings. The van der Waals surface area contributed by atoms with E-state index in [1.54, 1.807) is 27.7 Å². The zero-order valence-corrected chi connectivity index (χ0v) is 15.7. The Bertz CT molecular complexity index is 448. The SMILES string of the molecule is CC(C)CC(C(=O)O)N(C)C(=O)C(NC(=O)C(O)C(C)C)C(C)C. The summed E-state index contributed by atoms with van der Waals surface area (Å²) >= 11 is 0. The number of carboxylic acid groups (broad SMARTS) is 1. The molecule has 0 saturated carbocycles. The van der Waals surface area contributed by atoms with Gasteiger partial charge in [-0.15, -0.1) is 0 Å². The number of aliphatic hydroxyl groups is 1. The van der Waals surface area contributed by atoms with E-state index in [4.69, 9.17) is 0 Å². The van der Waals surface area contributed by atoms with E-state index in [1.165, 1.54) is 11.9 Å². The van der Waals surface area contributed by atoms with Gasteiger partial charge < -0.3 is 20.4 Å². The predicted molar refractivity (Wildman–Crippen MR) is 91.3 cm³/mol. The summed E-state index contributed by atoms with van der Waals surface area (Å²) in [6.07, 6.45) is -0.888. The van der Waals surface area contributed by atoms with Crippen LogP contribution in [0.4, 0.5) is 0 Å². The van der Waals surface area contributed by atoms with Gasteiger partial charge in [-0.3, -0.25) is 9.59 Å². The highest BCUT2D eigenvalue weighted by atomic mass is 16.4. The maximum Gasteiger partial charge on any atom is 0.326 e. The summed E-state index contributed by atoms with van der Waals surface area (Å²) < 4.78 is 0. The lowest BCUT2D eigenvalue weighted by Gasteiger charge is -2.32. The Morgan fingerprint density at radius 1 is 1.00 bits per heavy atom. The van der Waals surface area contributed by atoms with Crippen molar-refractivity contribution in [2.45, 2.75) is 66.2 Å². The molecular formula is C17H32N2O5. The fourth-order valence-corrected chi connectivity index (χ4v) is 2.30. The summed E-state index contributed by atoms with van der Waals surface area (Å²) in [6.45, 7) is 10.7. The van der Waals surface area contributed by atoms with Gasteiger partial charge in [-0.2, -0.15) is 0 Å². The maximum absolute atomic E-state index is 12.7. The molecule has 0 aliphatic heterocycles. The van der Waals surface area contributed by atoms with E-state index in [1.807, 2.05) is 13.8 Å². The van der Waals surface area contributed by atoms with Crippen molar-refractivity contribution in [1.29, 1.82) is 0 Å². The Kier molecular flexibility index (Phi) is 8.96. The van der Waals surface area contributed by atoms with Crippen LogP contribution in [0.3, 0.4) is 0 Å². The van der Waals surface area contributed by atoms with E-state index in [0.717, 1.165) is 0 Å². The van der Waals surface area contributed by atoms with Gasteiger partial charge in [0.25, 0.3) is 0 Å². The van der Waals surface area contributed by atoms with Crippen molar-refractivity contribution in [3.8, 4) is 0 Å². The van der Waals surface area contributed by atoms with Crippen LogP contribution in [0, 0.1) is 17.8 Å². The summed E-state index contributed by atoms with van der Waals surface area (Å²) in [7, 11) is 1.43. The zero-order chi connectivity index (χ0) is 19.2. The number of aliphatic hydroxyl groups excluding tert-OH is 1. The second-order valence-electron chi connectivity index (χ2n) is 7.35. The number of likely N-dealkylation sites (N-methyl/N-ethyl adjacent to an activating group) is 1. The highest BCUT2D eigenvalue weighted by Gasteiger charge is 2.35. The molecule has 24 heavy (non-hydrogen) atoms. The molecule has 0 bridgehead atoms. The Labute approximate surface area is 144 Å². The molecule has 140 valence electrons. The standard InChI is InChI=1S/C17H32N2O5/c1-9(2)8-12(17(23)24)19(7)16(22)13(10(3)4)18-15(21)14(20)11(5)6/h9-14,20H,8H2,1-7H3,(H,18,21)(H,23,24). The summed E-state index contributed by atoms with van der Waals surface area (Å²) in [4.78, 5) is 37.4. The molecule has 7 nitrogen and oxygen atoms in total. The first-order valence-electron chi connectivity index (χ1n) is 8.38. The molecule has 0 aromatic heterocycles. The number of amides is 2. The summed E-state index contributed by atoms with van der Waals surface area (Å²) in [6, 6.07) is -1.84. The average molecular weight is 344 g/mol. The first kappa shape index (κ1) is 22.4. The van der Waals surface area contributed by atoms with Gasteiger partial charge in [0.15, 0.2) is 0 Å². The van der Waals surface area contributed by atoms with Gasteiger partial charge in [0, 0.05) is 7.05 Å². The van der Waals surface area contributed by atoms with Gasteiger partial charge in [0.1, 0.15) is 18.2 Å². The lowest BCUT2D eigenvalue weighted by molar-refractivity contribution is -0.151. The number of carbonyl (C=O) groups excluding carboxylic acids is 2. The lowest BCUT2D eigenvalue weighted by Crippen LogP contribution is -2.56. The number of carbonyl (C=O) groups is 3. The molecule has 0 spiro atoms. The van der Waals surface area contributed by atoms with Crippen molar-refractivity contribution >= 4 is 17.8 Å². The molecule has 3 N–H and O–H groups in total. The monoisotopic (exact) mass is 344 g/mol. The molecule has 0 radical (unpaired) electrons. The zero-order valence-electron chi connectivity index (χ0n) is 15.7. The highest BCUT2D eigenvalue weighted by molar-refractivity contribution is 5.91. The molecule has 0 heterocycles. The van der Waals surface area contributed by atoms with Crippen LogP contribution in [0.1, 0.15) is 48.0 Å². The minimum atomic E-state index is -1.21. The third kappa shape index (κ3) is 6.47. The van der Waals surface area contributed by atoms with Gasteiger partial charge in [-0.05, 0) is 24.2 Å². The Hall–Kier alpha value is -1.63. The van der Waals surface area contributed by atoms with E-state index >= 15 is 0 Å². The van der Waals surface area contributed by atoms with Crippen LogP contribution in [0.5, 0.6) is 0 Å². The molecule has 7 heteroatoms. The molecule has 2 amide bonds. The second-order valence-corrected chi connectivity index (χ2v) is 7.35. The minimum absolute atomic E-state index is 0.108. The smallest absolute Gasteiger partial charge is 0.326 e. The van der Waals surface area contributed by atoms with Gasteiger partial charge in [0.05, 0.1) is 0 Å². The number of aliphatic carboxylic acids is 1. The van der Waals surface area contributed by atoms with Crippen LogP contribution in [0.25, 0.3) is 0 Å². The number of carboxylic acids is 1. The summed E-state index contributed by atoms with van der Waals surface area (Å²) in [5.41, 5.74) is 0. The van der Waals surface area contributed by atoms with Crippen LogP contribution in [-0.4, -0.2) is 58.1 Å². The van der Waals surface area contributed by atoms with E-state index in [2.05, 4.69) is 5.32 Å². The molecule has 3 atom stereocenters. The lowest BCUT2D eigenvalue weighted by atomic mass is 9.98. The molecule has 0 aromatic rings. The van der Waals surface area contributed by atoms with Crippen LogP contribution in [0.15, 0.2) is 0 Å². The van der Waals surface area contributed by atoms with Gasteiger partial charge in [0.2, 0.25) is 11.8 Å². The predicted octanol–water partition coefficient (Wildman–Crippen LogP) is 1.10. The van der Waals surface area contributed by atoms with Crippen molar-refractivity contribution in [3.63, 3.8) is 0 Å². The maximum atomic E-state index is 12.7. The van der Waals surface area contributed by atoms with Crippen molar-refractivity contribution in [2.24, 2.45) is 17.8 Å². The number of nitrogens with one attached hydrogen (secondary N) is 1. The first-order chi connectivity index (χ1) is 10.9. The van der Waals surface area contributed by atoms with Crippen molar-refractivity contribution < 1.29 is 24.6 Å². The van der Waals surface area contributed by atoms with Crippen LogP contribution in [0.2, 0.25) is 0 Å². The highest BCUT2D eigenvalue weighted by Crippen LogP contribution is 2.15. The van der Waals surface area contributed by atoms with Crippen LogP contribution >= 0.6 is 0 Å². The second kappa shape index (κ2) is 9.61. The largest absolute Gasteiger partial charge is 0.480 e. The molecular weight excluding hydrogens is 312 g/mol. The van der Waals surface area contributed by atoms with Crippen LogP contribution in [-0.2, 0) is 14.4 Å². The Balaban J connectivity index is 5.26. The van der Waals surface area contributed by atoms with Crippen molar-refractivity contribution in [3.05, 3.63) is 0 Å². The third-order valence-electron chi connectivity index (χ3n) is 3.93. The average Bonchev–Trinajstić information content (AvgIpc) is 2.46. The van der Waals surface area contributed by atoms with E-state index in [0.29, 0.717) is 6.42 Å². The minimum Gasteiger partial charge on any atom is -0.480 e. The molecule has 0 rings (SSSR count). The molecule has 3 unspecified atom stereocenters. The Morgan fingerprint density at radius 3 is 1.83 bits per heavy atom. The van der Waals surface area contributed by atoms with Gasteiger partial charge >= 0.3 is 5.97 Å². The molecule has 0 fully saturated rings. The first-order valence-corrected chi connectivity index (χ1v) is 8.38. The number of hydrogen-bond acceptors (Lipinski definition) is 4. The molecule has 0 aliphatic carbocycles. The fraction of sp³-hybridized carbons (Fsp3) is 0.824. The van der Waals surface area contributed by atoms with Crippen molar-refractivity contribution in [1.82, 2.24) is 10.2 Å². The summed E-state index contributed by atoms with van der Waals surface area (Å²) in [5, 5.41) is 21.8. The molecule has 0 aromatic carbocycles. The normalized spacial score (nSPS) is 15.3. The number of hydrogen-bond donors (Lipinski definition) is 3. The van der Waals surface area contributed by atoms with E-state index in [-0.39, 0.29) is 17.8 Å². The van der Waals surface area contributed by atoms with Gasteiger partial charge in [-0.25, -0.2) is 4.79 Å². The third-order valence-corrected chi connectivity index (χ3v) is 3.93. The Morgan fingerprint density at radius 2 is 1.50 bits per heavy atom. The fourth-order valence-electron chi connectivity index (χ4n) is 2.30. The topological polar surface area (TPSA) is 107 Å². The van der Waals surface area contributed by atoms with E-state index in [9.17, 15) is 24.6 Å². The number of rotatable bonds is 9. The quantitative estimate of drug-likeness (QED) is 0.581. The molecule has 0 saturated heterocycles.